The molecule has 0 unspecified atom stereocenters. The molecule has 6 rings (SSSR count). The molecular weight excluding hydrogens is 388 g/mol. The molecule has 0 spiro atoms. The molecule has 2 heterocycles. The van der Waals surface area contributed by atoms with Crippen LogP contribution in [0.15, 0.2) is 54.6 Å². The topological polar surface area (TPSA) is 59.6 Å². The first-order chi connectivity index (χ1) is 15.1. The Morgan fingerprint density at radius 1 is 1.00 bits per heavy atom. The van der Waals surface area contributed by atoms with Crippen LogP contribution < -0.4 is 20.1 Å². The van der Waals surface area contributed by atoms with Crippen LogP contribution in [0.2, 0.25) is 0 Å². The van der Waals surface area contributed by atoms with Gasteiger partial charge >= 0.3 is 0 Å². The van der Waals surface area contributed by atoms with E-state index in [2.05, 4.69) is 47.9 Å². The van der Waals surface area contributed by atoms with Crippen molar-refractivity contribution in [2.24, 2.45) is 0 Å². The lowest BCUT2D eigenvalue weighted by Gasteiger charge is -2.18. The fourth-order valence-corrected chi connectivity index (χ4v) is 4.80. The van der Waals surface area contributed by atoms with Crippen LogP contribution in [0.5, 0.6) is 11.5 Å². The first-order valence-corrected chi connectivity index (χ1v) is 10.8. The van der Waals surface area contributed by atoms with Gasteiger partial charge in [0.1, 0.15) is 0 Å². The van der Waals surface area contributed by atoms with Crippen LogP contribution in [-0.4, -0.2) is 19.2 Å². The van der Waals surface area contributed by atoms with Crippen LogP contribution in [0.25, 0.3) is 11.1 Å². The average molecular weight is 412 g/mol. The number of aryl methyl sites for hydroxylation is 1. The summed E-state index contributed by atoms with van der Waals surface area (Å²) in [5, 5.41) is 6.64. The van der Waals surface area contributed by atoms with E-state index < -0.39 is 5.41 Å². The highest BCUT2D eigenvalue weighted by Crippen LogP contribution is 2.51. The van der Waals surface area contributed by atoms with E-state index in [-0.39, 0.29) is 12.7 Å². The summed E-state index contributed by atoms with van der Waals surface area (Å²) in [4.78, 5) is 13.3. The fraction of sp³-hybridized carbons (Fsp3) is 0.269. The van der Waals surface area contributed by atoms with Crippen molar-refractivity contribution in [2.45, 2.75) is 31.6 Å². The molecule has 3 aliphatic rings. The zero-order chi connectivity index (χ0) is 21.0. The van der Waals surface area contributed by atoms with Crippen LogP contribution in [0.1, 0.15) is 29.5 Å². The summed E-state index contributed by atoms with van der Waals surface area (Å²) < 4.78 is 10.9. The van der Waals surface area contributed by atoms with Crippen molar-refractivity contribution < 1.29 is 14.3 Å². The Bertz CT molecular complexity index is 1210. The lowest BCUT2D eigenvalue weighted by atomic mass is 9.93. The van der Waals surface area contributed by atoms with Gasteiger partial charge in [-0.3, -0.25) is 4.79 Å². The summed E-state index contributed by atoms with van der Waals surface area (Å²) in [7, 11) is 0. The molecular formula is C26H24N2O3. The molecule has 0 atom stereocenters. The van der Waals surface area contributed by atoms with E-state index in [9.17, 15) is 4.79 Å². The summed E-state index contributed by atoms with van der Waals surface area (Å²) in [6.45, 7) is 3.33. The van der Waals surface area contributed by atoms with Crippen molar-refractivity contribution >= 4 is 17.3 Å². The maximum Gasteiger partial charge on any atom is 0.235 e. The van der Waals surface area contributed by atoms with Crippen LogP contribution in [-0.2, 0) is 16.6 Å². The van der Waals surface area contributed by atoms with Crippen LogP contribution >= 0.6 is 0 Å². The highest BCUT2D eigenvalue weighted by Gasteiger charge is 2.51. The average Bonchev–Trinajstić information content (AvgIpc) is 3.22. The Labute approximate surface area is 181 Å². The molecule has 0 aromatic heterocycles. The van der Waals surface area contributed by atoms with Gasteiger partial charge in [-0.1, -0.05) is 24.3 Å². The maximum absolute atomic E-state index is 13.3. The summed E-state index contributed by atoms with van der Waals surface area (Å²) in [5.74, 6) is 1.51. The molecule has 31 heavy (non-hydrogen) atoms. The molecule has 2 aliphatic heterocycles. The Balaban J connectivity index is 1.30. The van der Waals surface area contributed by atoms with Crippen molar-refractivity contribution in [2.75, 3.05) is 24.0 Å². The minimum atomic E-state index is -0.482. The number of fused-ring (bicyclic) bond motifs is 2. The van der Waals surface area contributed by atoms with E-state index in [4.69, 9.17) is 9.47 Å². The number of rotatable bonds is 4. The zero-order valence-corrected chi connectivity index (χ0v) is 17.5. The molecule has 3 aromatic rings. The number of amides is 1. The molecule has 156 valence electrons. The van der Waals surface area contributed by atoms with E-state index in [0.29, 0.717) is 0 Å². The SMILES string of the molecule is Cc1ccc(NC(=O)C2(c3ccc4c(c3)OCO4)CC2)cc1-c1cccc2c1CCN2. The summed E-state index contributed by atoms with van der Waals surface area (Å²) in [6.07, 6.45) is 2.71. The number of nitrogens with one attached hydrogen (secondary N) is 2. The first kappa shape index (κ1) is 18.3. The van der Waals surface area contributed by atoms with Gasteiger partial charge in [-0.25, -0.2) is 0 Å². The highest BCUT2D eigenvalue weighted by atomic mass is 16.7. The molecule has 2 N–H and O–H groups in total. The van der Waals surface area contributed by atoms with E-state index in [1.54, 1.807) is 0 Å². The Hall–Kier alpha value is -3.47. The van der Waals surface area contributed by atoms with Gasteiger partial charge in [0.2, 0.25) is 12.7 Å². The number of carbonyl (C=O) groups excluding carboxylic acids is 1. The standard InChI is InChI=1S/C26H24N2O3/c1-16-5-7-18(14-21(16)19-3-2-4-22-20(19)9-12-27-22)28-25(29)26(10-11-26)17-6-8-23-24(13-17)31-15-30-23/h2-8,13-14,27H,9-12,15H2,1H3,(H,28,29). The summed E-state index contributed by atoms with van der Waals surface area (Å²) in [5.41, 5.74) is 7.53. The number of ether oxygens (including phenoxy) is 2. The van der Waals surface area contributed by atoms with Crippen molar-refractivity contribution in [3.8, 4) is 22.6 Å². The molecule has 0 radical (unpaired) electrons. The number of hydrogen-bond donors (Lipinski definition) is 2. The molecule has 5 nitrogen and oxygen atoms in total. The monoisotopic (exact) mass is 412 g/mol. The van der Waals surface area contributed by atoms with Gasteiger partial charge in [-0.15, -0.1) is 0 Å². The van der Waals surface area contributed by atoms with E-state index in [1.165, 1.54) is 27.9 Å². The van der Waals surface area contributed by atoms with E-state index in [1.807, 2.05) is 24.3 Å². The molecule has 1 saturated carbocycles. The second kappa shape index (κ2) is 6.77. The molecule has 0 bridgehead atoms. The number of carbonyl (C=O) groups is 1. The Morgan fingerprint density at radius 2 is 1.87 bits per heavy atom. The van der Waals surface area contributed by atoms with Gasteiger partial charge in [-0.2, -0.15) is 0 Å². The van der Waals surface area contributed by atoms with Gasteiger partial charge in [0.25, 0.3) is 0 Å². The third-order valence-corrected chi connectivity index (χ3v) is 6.76. The summed E-state index contributed by atoms with van der Waals surface area (Å²) in [6, 6.07) is 18.4. The van der Waals surface area contributed by atoms with Crippen LogP contribution in [0, 0.1) is 6.92 Å². The number of anilines is 2. The molecule has 5 heteroatoms. The van der Waals surface area contributed by atoms with Gasteiger partial charge in [0.05, 0.1) is 5.41 Å². The third-order valence-electron chi connectivity index (χ3n) is 6.76. The summed E-state index contributed by atoms with van der Waals surface area (Å²) >= 11 is 0. The lowest BCUT2D eigenvalue weighted by molar-refractivity contribution is -0.118. The number of hydrogen-bond acceptors (Lipinski definition) is 4. The van der Waals surface area contributed by atoms with Gasteiger partial charge < -0.3 is 20.1 Å². The predicted molar refractivity (Wildman–Crippen MR) is 121 cm³/mol. The molecule has 3 aromatic carbocycles. The molecule has 1 amide bonds. The Morgan fingerprint density at radius 3 is 2.74 bits per heavy atom. The minimum Gasteiger partial charge on any atom is -0.454 e. The van der Waals surface area contributed by atoms with Crippen molar-refractivity contribution in [1.29, 1.82) is 0 Å². The lowest BCUT2D eigenvalue weighted by Crippen LogP contribution is -2.27. The normalized spacial score (nSPS) is 17.1. The zero-order valence-electron chi connectivity index (χ0n) is 17.5. The molecule has 1 aliphatic carbocycles. The second-order valence-corrected chi connectivity index (χ2v) is 8.64. The van der Waals surface area contributed by atoms with Gasteiger partial charge in [0.15, 0.2) is 11.5 Å². The quantitative estimate of drug-likeness (QED) is 0.631. The molecule has 0 saturated heterocycles. The number of benzene rings is 3. The first-order valence-electron chi connectivity index (χ1n) is 10.8. The largest absolute Gasteiger partial charge is 0.454 e. The van der Waals surface area contributed by atoms with E-state index in [0.717, 1.165) is 48.6 Å². The third kappa shape index (κ3) is 2.95. The predicted octanol–water partition coefficient (Wildman–Crippen LogP) is 5.03. The van der Waals surface area contributed by atoms with Crippen molar-refractivity contribution in [1.82, 2.24) is 0 Å². The van der Waals surface area contributed by atoms with E-state index >= 15 is 0 Å². The molecule has 1 fully saturated rings. The van der Waals surface area contributed by atoms with Crippen LogP contribution in [0.4, 0.5) is 11.4 Å². The van der Waals surface area contributed by atoms with Crippen molar-refractivity contribution in [3.05, 3.63) is 71.3 Å². The second-order valence-electron chi connectivity index (χ2n) is 8.64. The van der Waals surface area contributed by atoms with Gasteiger partial charge in [0, 0.05) is 17.9 Å². The van der Waals surface area contributed by atoms with Gasteiger partial charge in [-0.05, 0) is 84.3 Å². The smallest absolute Gasteiger partial charge is 0.235 e. The highest BCUT2D eigenvalue weighted by molar-refractivity contribution is 6.02. The maximum atomic E-state index is 13.3. The fourth-order valence-electron chi connectivity index (χ4n) is 4.80. The van der Waals surface area contributed by atoms with Crippen molar-refractivity contribution in [3.63, 3.8) is 0 Å². The minimum absolute atomic E-state index is 0.0427. The Kier molecular flexibility index (Phi) is 4.00. The van der Waals surface area contributed by atoms with Crippen LogP contribution in [0.3, 0.4) is 0 Å².